The number of nitrogens with two attached hydrogens (primary N) is 1. The number of aryl methyl sites for hydroxylation is 1. The molecule has 3 rings (SSSR count). The van der Waals surface area contributed by atoms with Crippen LogP contribution >= 0.6 is 11.3 Å². The molecule has 0 fully saturated rings. The monoisotopic (exact) mass is 275 g/mol. The van der Waals surface area contributed by atoms with Gasteiger partial charge in [0.25, 0.3) is 5.89 Å². The summed E-state index contributed by atoms with van der Waals surface area (Å²) < 4.78 is 18.3. The van der Waals surface area contributed by atoms with E-state index in [1.165, 1.54) is 23.5 Å². The lowest BCUT2D eigenvalue weighted by atomic mass is 10.1. The second kappa shape index (κ2) is 4.47. The van der Waals surface area contributed by atoms with E-state index in [4.69, 9.17) is 10.3 Å². The first kappa shape index (κ1) is 11.9. The molecule has 0 radical (unpaired) electrons. The molecule has 0 bridgehead atoms. The highest BCUT2D eigenvalue weighted by molar-refractivity contribution is 7.14. The van der Waals surface area contributed by atoms with E-state index in [9.17, 15) is 4.39 Å². The van der Waals surface area contributed by atoms with Crippen molar-refractivity contribution in [2.24, 2.45) is 0 Å². The van der Waals surface area contributed by atoms with Crippen molar-refractivity contribution in [3.63, 3.8) is 0 Å². The molecule has 0 spiro atoms. The Labute approximate surface area is 112 Å². The van der Waals surface area contributed by atoms with Crippen LogP contribution < -0.4 is 5.73 Å². The molecule has 0 saturated heterocycles. The topological polar surface area (TPSA) is 64.9 Å². The van der Waals surface area contributed by atoms with E-state index in [-0.39, 0.29) is 5.82 Å². The summed E-state index contributed by atoms with van der Waals surface area (Å²) in [6.07, 6.45) is 0. The molecule has 0 aliphatic heterocycles. The highest BCUT2D eigenvalue weighted by Crippen LogP contribution is 2.31. The van der Waals surface area contributed by atoms with Gasteiger partial charge in [0, 0.05) is 5.56 Å². The highest BCUT2D eigenvalue weighted by atomic mass is 32.1. The van der Waals surface area contributed by atoms with Gasteiger partial charge in [-0.2, -0.15) is 4.98 Å². The average molecular weight is 275 g/mol. The van der Waals surface area contributed by atoms with Crippen molar-refractivity contribution in [1.29, 1.82) is 0 Å². The molecule has 0 atom stereocenters. The van der Waals surface area contributed by atoms with Gasteiger partial charge in [-0.3, -0.25) is 0 Å². The van der Waals surface area contributed by atoms with Crippen LogP contribution in [-0.2, 0) is 0 Å². The maximum atomic E-state index is 13.1. The van der Waals surface area contributed by atoms with Crippen LogP contribution in [0, 0.1) is 12.7 Å². The Balaban J connectivity index is 2.04. The molecule has 2 N–H and O–H groups in total. The van der Waals surface area contributed by atoms with Crippen molar-refractivity contribution in [2.45, 2.75) is 6.92 Å². The molecule has 0 saturated carbocycles. The van der Waals surface area contributed by atoms with Gasteiger partial charge >= 0.3 is 0 Å². The van der Waals surface area contributed by atoms with E-state index < -0.39 is 0 Å². The predicted molar refractivity (Wildman–Crippen MR) is 72.2 cm³/mol. The largest absolute Gasteiger partial charge is 0.390 e. The summed E-state index contributed by atoms with van der Waals surface area (Å²) in [6.45, 7) is 1.80. The Kier molecular flexibility index (Phi) is 2.79. The van der Waals surface area contributed by atoms with Gasteiger partial charge in [0.05, 0.1) is 10.6 Å². The molecule has 0 aliphatic carbocycles. The number of hydrogen-bond donors (Lipinski definition) is 1. The molecule has 1 aromatic carbocycles. The first-order chi connectivity index (χ1) is 9.15. The van der Waals surface area contributed by atoms with Crippen molar-refractivity contribution in [3.05, 3.63) is 41.0 Å². The van der Waals surface area contributed by atoms with Crippen molar-refractivity contribution >= 4 is 16.3 Å². The van der Waals surface area contributed by atoms with Crippen LogP contribution in [0.25, 0.3) is 22.8 Å². The van der Waals surface area contributed by atoms with Crippen LogP contribution in [0.5, 0.6) is 0 Å². The van der Waals surface area contributed by atoms with Gasteiger partial charge in [0.1, 0.15) is 5.82 Å². The second-order valence-corrected chi connectivity index (χ2v) is 5.03. The van der Waals surface area contributed by atoms with Gasteiger partial charge in [0.2, 0.25) is 5.82 Å². The van der Waals surface area contributed by atoms with Crippen LogP contribution in [0.1, 0.15) is 5.56 Å². The number of hydrogen-bond acceptors (Lipinski definition) is 5. The minimum Gasteiger partial charge on any atom is -0.390 e. The van der Waals surface area contributed by atoms with Crippen LogP contribution in [0.15, 0.2) is 34.2 Å². The normalized spacial score (nSPS) is 10.8. The number of rotatable bonds is 2. The smallest absolute Gasteiger partial charge is 0.261 e. The molecular weight excluding hydrogens is 265 g/mol. The lowest BCUT2D eigenvalue weighted by molar-refractivity contribution is 0.432. The van der Waals surface area contributed by atoms with Crippen LogP contribution in [-0.4, -0.2) is 10.1 Å². The number of nitrogens with zero attached hydrogens (tertiary/aromatic N) is 2. The molecule has 6 heteroatoms. The third-order valence-corrected chi connectivity index (χ3v) is 3.53. The summed E-state index contributed by atoms with van der Waals surface area (Å²) >= 11 is 1.41. The summed E-state index contributed by atoms with van der Waals surface area (Å²) in [5.74, 6) is 0.516. The third kappa shape index (κ3) is 2.10. The lowest BCUT2D eigenvalue weighted by Gasteiger charge is -1.99. The standard InChI is InChI=1S/C13H10FN3OS/c1-7-6-8(14)2-3-9(7)12-16-13(18-17-12)10-4-5-19-11(10)15/h2-6H,15H2,1H3. The first-order valence-electron chi connectivity index (χ1n) is 5.59. The lowest BCUT2D eigenvalue weighted by Crippen LogP contribution is -1.87. The van der Waals surface area contributed by atoms with E-state index >= 15 is 0 Å². The summed E-state index contributed by atoms with van der Waals surface area (Å²) in [6, 6.07) is 6.27. The van der Waals surface area contributed by atoms with E-state index in [1.54, 1.807) is 13.0 Å². The zero-order valence-corrected chi connectivity index (χ0v) is 10.9. The molecule has 4 nitrogen and oxygen atoms in total. The van der Waals surface area contributed by atoms with E-state index in [0.29, 0.717) is 16.7 Å². The Morgan fingerprint density at radius 1 is 1.26 bits per heavy atom. The number of nitrogen functional groups attached to an aromatic ring is 1. The van der Waals surface area contributed by atoms with Crippen molar-refractivity contribution in [3.8, 4) is 22.8 Å². The molecule has 19 heavy (non-hydrogen) atoms. The molecule has 96 valence electrons. The van der Waals surface area contributed by atoms with Gasteiger partial charge in [-0.25, -0.2) is 4.39 Å². The molecule has 0 aliphatic rings. The zero-order chi connectivity index (χ0) is 13.4. The van der Waals surface area contributed by atoms with E-state index in [1.807, 2.05) is 11.4 Å². The molecule has 2 heterocycles. The fraction of sp³-hybridized carbons (Fsp3) is 0.0769. The maximum Gasteiger partial charge on any atom is 0.261 e. The zero-order valence-electron chi connectivity index (χ0n) is 10.1. The minimum absolute atomic E-state index is 0.285. The molecule has 0 unspecified atom stereocenters. The average Bonchev–Trinajstić information content (AvgIpc) is 2.97. The Hall–Kier alpha value is -2.21. The van der Waals surface area contributed by atoms with E-state index in [0.717, 1.165) is 16.7 Å². The Morgan fingerprint density at radius 3 is 2.79 bits per heavy atom. The van der Waals surface area contributed by atoms with Crippen LogP contribution in [0.3, 0.4) is 0 Å². The number of benzene rings is 1. The van der Waals surface area contributed by atoms with Crippen molar-refractivity contribution in [2.75, 3.05) is 5.73 Å². The Bertz CT molecular complexity index is 735. The first-order valence-corrected chi connectivity index (χ1v) is 6.46. The Morgan fingerprint density at radius 2 is 2.11 bits per heavy atom. The SMILES string of the molecule is Cc1cc(F)ccc1-c1noc(-c2ccsc2N)n1. The molecule has 0 amide bonds. The molecular formula is C13H10FN3OS. The number of halogens is 1. The second-order valence-electron chi connectivity index (χ2n) is 4.08. The summed E-state index contributed by atoms with van der Waals surface area (Å²) in [7, 11) is 0. The van der Waals surface area contributed by atoms with Gasteiger partial charge in [-0.05, 0) is 42.1 Å². The molecule has 2 aromatic heterocycles. The van der Waals surface area contributed by atoms with Crippen molar-refractivity contribution < 1.29 is 8.91 Å². The van der Waals surface area contributed by atoms with Crippen molar-refractivity contribution in [1.82, 2.24) is 10.1 Å². The van der Waals surface area contributed by atoms with Crippen LogP contribution in [0.2, 0.25) is 0 Å². The van der Waals surface area contributed by atoms with Crippen LogP contribution in [0.4, 0.5) is 9.39 Å². The summed E-state index contributed by atoms with van der Waals surface area (Å²) in [5.41, 5.74) is 8.03. The minimum atomic E-state index is -0.285. The number of aromatic nitrogens is 2. The van der Waals surface area contributed by atoms with Gasteiger partial charge in [-0.15, -0.1) is 11.3 Å². The van der Waals surface area contributed by atoms with Gasteiger partial charge in [-0.1, -0.05) is 5.16 Å². The van der Waals surface area contributed by atoms with E-state index in [2.05, 4.69) is 10.1 Å². The summed E-state index contributed by atoms with van der Waals surface area (Å²) in [4.78, 5) is 4.30. The summed E-state index contributed by atoms with van der Waals surface area (Å²) in [5, 5.41) is 6.40. The third-order valence-electron chi connectivity index (χ3n) is 2.78. The number of thiophene rings is 1. The molecule has 3 aromatic rings. The predicted octanol–water partition coefficient (Wildman–Crippen LogP) is 3.49. The quantitative estimate of drug-likeness (QED) is 0.777. The fourth-order valence-corrected chi connectivity index (χ4v) is 2.45. The van der Waals surface area contributed by atoms with Gasteiger partial charge in [0.15, 0.2) is 0 Å². The number of anilines is 1. The van der Waals surface area contributed by atoms with Gasteiger partial charge < -0.3 is 10.3 Å². The highest BCUT2D eigenvalue weighted by Gasteiger charge is 2.15. The fourth-order valence-electron chi connectivity index (χ4n) is 1.82. The maximum absolute atomic E-state index is 13.1.